The highest BCUT2D eigenvalue weighted by atomic mass is 16.5. The van der Waals surface area contributed by atoms with E-state index < -0.39 is 0 Å². The summed E-state index contributed by atoms with van der Waals surface area (Å²) in [4.78, 5) is 13.3. The fourth-order valence-electron chi connectivity index (χ4n) is 2.19. The number of amides is 1. The van der Waals surface area contributed by atoms with Crippen LogP contribution in [0.15, 0.2) is 0 Å². The van der Waals surface area contributed by atoms with Crippen LogP contribution >= 0.6 is 0 Å². The zero-order valence-corrected chi connectivity index (χ0v) is 8.32. The Morgan fingerprint density at radius 2 is 2.43 bits per heavy atom. The number of carbonyl (C=O) groups is 1. The maximum Gasteiger partial charge on any atom is 0.223 e. The molecule has 14 heavy (non-hydrogen) atoms. The Labute approximate surface area is 83.8 Å². The van der Waals surface area contributed by atoms with Gasteiger partial charge in [0, 0.05) is 38.6 Å². The van der Waals surface area contributed by atoms with Crippen molar-refractivity contribution in [3.8, 4) is 0 Å². The molecule has 2 aliphatic heterocycles. The second-order valence-corrected chi connectivity index (χ2v) is 4.19. The Balaban J connectivity index is 1.82. The number of likely N-dealkylation sites (tertiary alicyclic amines) is 1. The summed E-state index contributed by atoms with van der Waals surface area (Å²) in [5.41, 5.74) is 0. The van der Waals surface area contributed by atoms with Crippen LogP contribution in [-0.4, -0.2) is 48.3 Å². The van der Waals surface area contributed by atoms with E-state index in [1.54, 1.807) is 0 Å². The highest BCUT2D eigenvalue weighted by molar-refractivity contribution is 5.78. The number of rotatable bonds is 3. The molecule has 0 spiro atoms. The molecule has 0 aromatic heterocycles. The van der Waals surface area contributed by atoms with Gasteiger partial charge in [0.05, 0.1) is 6.10 Å². The lowest BCUT2D eigenvalue weighted by atomic mass is 10.1. The Morgan fingerprint density at radius 1 is 1.57 bits per heavy atom. The SMILES string of the molecule is O=C1CC(CO)CN1CC1CCCO1. The standard InChI is InChI=1S/C10H17NO3/c12-7-8-4-10(13)11(5-8)6-9-2-1-3-14-9/h8-9,12H,1-7H2. The normalized spacial score (nSPS) is 32.9. The van der Waals surface area contributed by atoms with Gasteiger partial charge in [0.25, 0.3) is 0 Å². The van der Waals surface area contributed by atoms with Gasteiger partial charge in [-0.25, -0.2) is 0 Å². The Kier molecular flexibility index (Phi) is 3.03. The molecule has 4 nitrogen and oxygen atoms in total. The van der Waals surface area contributed by atoms with Crippen molar-refractivity contribution >= 4 is 5.91 Å². The third kappa shape index (κ3) is 2.07. The predicted octanol–water partition coefficient (Wildman–Crippen LogP) is 0.00620. The fourth-order valence-corrected chi connectivity index (χ4v) is 2.19. The van der Waals surface area contributed by atoms with Gasteiger partial charge in [-0.15, -0.1) is 0 Å². The predicted molar refractivity (Wildman–Crippen MR) is 50.7 cm³/mol. The Morgan fingerprint density at radius 3 is 3.00 bits per heavy atom. The van der Waals surface area contributed by atoms with Crippen LogP contribution in [0.5, 0.6) is 0 Å². The van der Waals surface area contributed by atoms with E-state index >= 15 is 0 Å². The third-order valence-corrected chi connectivity index (χ3v) is 3.00. The van der Waals surface area contributed by atoms with Crippen LogP contribution < -0.4 is 0 Å². The number of nitrogens with zero attached hydrogens (tertiary/aromatic N) is 1. The third-order valence-electron chi connectivity index (χ3n) is 3.00. The summed E-state index contributed by atoms with van der Waals surface area (Å²) >= 11 is 0. The molecular weight excluding hydrogens is 182 g/mol. The smallest absolute Gasteiger partial charge is 0.223 e. The monoisotopic (exact) mass is 199 g/mol. The first-order chi connectivity index (χ1) is 6.79. The molecular formula is C10H17NO3. The second-order valence-electron chi connectivity index (χ2n) is 4.19. The van der Waals surface area contributed by atoms with Gasteiger partial charge in [-0.2, -0.15) is 0 Å². The second kappa shape index (κ2) is 4.28. The van der Waals surface area contributed by atoms with Crippen molar-refractivity contribution in [1.29, 1.82) is 0 Å². The number of hydrogen-bond acceptors (Lipinski definition) is 3. The molecule has 0 saturated carbocycles. The molecule has 1 amide bonds. The lowest BCUT2D eigenvalue weighted by Gasteiger charge is -2.20. The number of aliphatic hydroxyl groups excluding tert-OH is 1. The Hall–Kier alpha value is -0.610. The van der Waals surface area contributed by atoms with Gasteiger partial charge in [0.2, 0.25) is 5.91 Å². The molecule has 0 radical (unpaired) electrons. The summed E-state index contributed by atoms with van der Waals surface area (Å²) in [5, 5.41) is 8.95. The van der Waals surface area contributed by atoms with Gasteiger partial charge in [-0.05, 0) is 12.8 Å². The highest BCUT2D eigenvalue weighted by Crippen LogP contribution is 2.20. The molecule has 2 saturated heterocycles. The molecule has 0 aliphatic carbocycles. The van der Waals surface area contributed by atoms with Crippen LogP contribution in [0.3, 0.4) is 0 Å². The summed E-state index contributed by atoms with van der Waals surface area (Å²) in [5.74, 6) is 0.309. The molecule has 80 valence electrons. The number of aliphatic hydroxyl groups is 1. The van der Waals surface area contributed by atoms with E-state index in [1.165, 1.54) is 0 Å². The van der Waals surface area contributed by atoms with Crippen molar-refractivity contribution in [2.24, 2.45) is 5.92 Å². The van der Waals surface area contributed by atoms with Gasteiger partial charge in [-0.3, -0.25) is 4.79 Å². The first kappa shape index (κ1) is 9.93. The Bertz CT molecular complexity index is 213. The minimum absolute atomic E-state index is 0.119. The average Bonchev–Trinajstić information content (AvgIpc) is 2.78. The molecule has 2 rings (SSSR count). The van der Waals surface area contributed by atoms with Crippen LogP contribution in [0.4, 0.5) is 0 Å². The molecule has 2 heterocycles. The summed E-state index contributed by atoms with van der Waals surface area (Å²) < 4.78 is 5.48. The van der Waals surface area contributed by atoms with Crippen molar-refractivity contribution in [3.05, 3.63) is 0 Å². The summed E-state index contributed by atoms with van der Waals surface area (Å²) in [7, 11) is 0. The first-order valence-electron chi connectivity index (χ1n) is 5.30. The lowest BCUT2D eigenvalue weighted by Crippen LogP contribution is -2.33. The van der Waals surface area contributed by atoms with E-state index in [1.807, 2.05) is 4.90 Å². The minimum atomic E-state index is 0.119. The lowest BCUT2D eigenvalue weighted by molar-refractivity contribution is -0.129. The van der Waals surface area contributed by atoms with Crippen molar-refractivity contribution in [1.82, 2.24) is 4.90 Å². The maximum absolute atomic E-state index is 11.5. The van der Waals surface area contributed by atoms with Gasteiger partial charge in [0.15, 0.2) is 0 Å². The van der Waals surface area contributed by atoms with E-state index in [4.69, 9.17) is 9.84 Å². The molecule has 1 N–H and O–H groups in total. The minimum Gasteiger partial charge on any atom is -0.396 e. The fraction of sp³-hybridized carbons (Fsp3) is 0.900. The number of hydrogen-bond donors (Lipinski definition) is 1. The molecule has 4 heteroatoms. The van der Waals surface area contributed by atoms with Crippen molar-refractivity contribution < 1.29 is 14.6 Å². The number of ether oxygens (including phenoxy) is 1. The van der Waals surface area contributed by atoms with Gasteiger partial charge in [0.1, 0.15) is 0 Å². The summed E-state index contributed by atoms with van der Waals surface area (Å²) in [6.45, 7) is 2.37. The molecule has 2 aliphatic rings. The summed E-state index contributed by atoms with van der Waals surface area (Å²) in [6, 6.07) is 0. The first-order valence-corrected chi connectivity index (χ1v) is 5.30. The van der Waals surface area contributed by atoms with E-state index in [-0.39, 0.29) is 24.5 Å². The van der Waals surface area contributed by atoms with Gasteiger partial charge >= 0.3 is 0 Å². The van der Waals surface area contributed by atoms with Crippen LogP contribution in [-0.2, 0) is 9.53 Å². The zero-order valence-electron chi connectivity index (χ0n) is 8.32. The molecule has 2 fully saturated rings. The zero-order chi connectivity index (χ0) is 9.97. The van der Waals surface area contributed by atoms with Crippen molar-refractivity contribution in [2.75, 3.05) is 26.3 Å². The quantitative estimate of drug-likeness (QED) is 0.696. The van der Waals surface area contributed by atoms with E-state index in [2.05, 4.69) is 0 Å². The highest BCUT2D eigenvalue weighted by Gasteiger charge is 2.31. The van der Waals surface area contributed by atoms with E-state index in [0.717, 1.165) is 26.0 Å². The molecule has 0 aromatic carbocycles. The van der Waals surface area contributed by atoms with Crippen LogP contribution in [0.1, 0.15) is 19.3 Å². The molecule has 2 atom stereocenters. The largest absolute Gasteiger partial charge is 0.396 e. The van der Waals surface area contributed by atoms with E-state index in [9.17, 15) is 4.79 Å². The van der Waals surface area contributed by atoms with Crippen molar-refractivity contribution in [3.63, 3.8) is 0 Å². The summed E-state index contributed by atoms with van der Waals surface area (Å²) in [6.07, 6.45) is 2.91. The van der Waals surface area contributed by atoms with Gasteiger partial charge < -0.3 is 14.7 Å². The van der Waals surface area contributed by atoms with Crippen LogP contribution in [0.25, 0.3) is 0 Å². The maximum atomic E-state index is 11.5. The van der Waals surface area contributed by atoms with E-state index in [0.29, 0.717) is 13.0 Å². The average molecular weight is 199 g/mol. The topological polar surface area (TPSA) is 49.8 Å². The van der Waals surface area contributed by atoms with Gasteiger partial charge in [-0.1, -0.05) is 0 Å². The van der Waals surface area contributed by atoms with Crippen LogP contribution in [0, 0.1) is 5.92 Å². The molecule has 0 aromatic rings. The van der Waals surface area contributed by atoms with Crippen LogP contribution in [0.2, 0.25) is 0 Å². The molecule has 2 unspecified atom stereocenters. The number of carbonyl (C=O) groups excluding carboxylic acids is 1. The van der Waals surface area contributed by atoms with Crippen molar-refractivity contribution in [2.45, 2.75) is 25.4 Å². The molecule has 0 bridgehead atoms.